The van der Waals surface area contributed by atoms with Gasteiger partial charge in [-0.25, -0.2) is 41.9 Å². The van der Waals surface area contributed by atoms with Crippen LogP contribution in [0.5, 0.6) is 5.75 Å². The zero-order valence-electron chi connectivity index (χ0n) is 65.7. The topological polar surface area (TPSA) is 567 Å². The summed E-state index contributed by atoms with van der Waals surface area (Å²) in [5, 5.41) is 57.6. The Morgan fingerprint density at radius 1 is 0.557 bits per heavy atom. The number of nitriles is 1. The van der Waals surface area contributed by atoms with Crippen LogP contribution in [0, 0.1) is 83.8 Å². The molecule has 0 spiro atoms. The van der Waals surface area contributed by atoms with E-state index in [1.54, 1.807) is 96.7 Å². The number of nitrogens with zero attached hydrogens (tertiary/aromatic N) is 14. The van der Waals surface area contributed by atoms with Gasteiger partial charge in [-0.15, -0.1) is 0 Å². The summed E-state index contributed by atoms with van der Waals surface area (Å²) in [6.45, 7) is 30.4. The highest BCUT2D eigenvalue weighted by Crippen LogP contribution is 2.27. The number of ketones is 3. The van der Waals surface area contributed by atoms with Gasteiger partial charge in [0.05, 0.1) is 48.2 Å². The molecule has 0 saturated heterocycles. The maximum absolute atomic E-state index is 11.5. The minimum Gasteiger partial charge on any atom is -0.506 e. The highest BCUT2D eigenvalue weighted by atomic mass is 35.5. The number of nitro groups is 1. The Morgan fingerprint density at radius 3 is 1.38 bits per heavy atom. The summed E-state index contributed by atoms with van der Waals surface area (Å²) in [5.41, 5.74) is 11.6. The van der Waals surface area contributed by atoms with Crippen LogP contribution in [-0.4, -0.2) is 159 Å². The lowest BCUT2D eigenvalue weighted by molar-refractivity contribution is -0.384. The fourth-order valence-electron chi connectivity index (χ4n) is 10.8. The zero-order valence-corrected chi connectivity index (χ0v) is 66.5. The monoisotopic (exact) mass is 1610 g/mol. The first kappa shape index (κ1) is 91.3. The molecule has 0 amide bonds. The molecular formula is C74H86ClN21O19. The van der Waals surface area contributed by atoms with Crippen LogP contribution in [0.15, 0.2) is 118 Å². The number of aryl methyl sites for hydroxylation is 7. The predicted molar refractivity (Wildman–Crippen MR) is 418 cm³/mol. The number of nitrogen functional groups attached to an aromatic ring is 1. The molecule has 0 unspecified atom stereocenters. The van der Waals surface area contributed by atoms with Gasteiger partial charge in [0.1, 0.15) is 77.1 Å². The van der Waals surface area contributed by atoms with Crippen LogP contribution in [0.3, 0.4) is 0 Å². The van der Waals surface area contributed by atoms with E-state index < -0.39 is 34.4 Å². The van der Waals surface area contributed by atoms with Crippen molar-refractivity contribution in [3.63, 3.8) is 0 Å². The molecule has 13 rings (SSSR count). The number of halogens is 1. The third-order valence-corrected chi connectivity index (χ3v) is 17.0. The van der Waals surface area contributed by atoms with Crippen LogP contribution < -0.4 is 34.0 Å². The number of non-ortho nitro benzene ring substituents is 1. The number of esters is 3. The molecular weight excluding hydrogens is 1520 g/mol. The second-order valence-corrected chi connectivity index (χ2v) is 25.3. The van der Waals surface area contributed by atoms with Crippen molar-refractivity contribution in [3.05, 3.63) is 245 Å². The van der Waals surface area contributed by atoms with Crippen molar-refractivity contribution in [2.45, 2.75) is 130 Å². The van der Waals surface area contributed by atoms with E-state index >= 15 is 0 Å². The van der Waals surface area contributed by atoms with Gasteiger partial charge in [0.15, 0.2) is 28.2 Å². The second kappa shape index (κ2) is 41.1. The van der Waals surface area contributed by atoms with Gasteiger partial charge in [0.2, 0.25) is 0 Å². The number of nitrogens with two attached hydrogens (primary N) is 2. The fourth-order valence-corrected chi connectivity index (χ4v) is 11.0. The van der Waals surface area contributed by atoms with E-state index in [2.05, 4.69) is 70.9 Å². The molecule has 0 aliphatic heterocycles. The van der Waals surface area contributed by atoms with Crippen LogP contribution in [0.2, 0.25) is 5.15 Å². The summed E-state index contributed by atoms with van der Waals surface area (Å²) in [6.07, 6.45) is 18.0. The summed E-state index contributed by atoms with van der Waals surface area (Å²) in [5.74, 6) is 7.93. The van der Waals surface area contributed by atoms with E-state index in [1.165, 1.54) is 114 Å². The van der Waals surface area contributed by atoms with Crippen molar-refractivity contribution >= 4 is 86.1 Å². The number of fused-ring (bicyclic) bond motifs is 5. The summed E-state index contributed by atoms with van der Waals surface area (Å²) in [6, 6.07) is 6.62. The molecule has 0 aliphatic carbocycles. The van der Waals surface area contributed by atoms with Crippen molar-refractivity contribution in [2.24, 2.45) is 5.90 Å². The van der Waals surface area contributed by atoms with E-state index in [1.807, 2.05) is 40.1 Å². The number of ether oxygens (including phenoxy) is 3. The highest BCUT2D eigenvalue weighted by Gasteiger charge is 2.25. The molecule has 0 fully saturated rings. The third-order valence-electron chi connectivity index (χ3n) is 16.7. The largest absolute Gasteiger partial charge is 0.506 e. The van der Waals surface area contributed by atoms with Crippen LogP contribution in [0.4, 0.5) is 5.69 Å². The summed E-state index contributed by atoms with van der Waals surface area (Å²) < 4.78 is 22.8. The maximum atomic E-state index is 11.5. The molecule has 0 saturated carbocycles. The lowest BCUT2D eigenvalue weighted by atomic mass is 9.98. The molecule has 12 heterocycles. The smallest absolute Gasteiger partial charge is 0.357 e. The number of aliphatic hydroxyl groups is 1. The second-order valence-electron chi connectivity index (χ2n) is 25.0. The molecule has 12 aromatic heterocycles. The Labute approximate surface area is 657 Å². The van der Waals surface area contributed by atoms with E-state index in [0.717, 1.165) is 32.4 Å². The Hall–Kier alpha value is -14.3. The van der Waals surface area contributed by atoms with Gasteiger partial charge in [0, 0.05) is 77.1 Å². The van der Waals surface area contributed by atoms with Gasteiger partial charge in [-0.3, -0.25) is 53.1 Å². The Morgan fingerprint density at radius 2 is 0.983 bits per heavy atom. The van der Waals surface area contributed by atoms with E-state index in [9.17, 15) is 73.1 Å². The third kappa shape index (κ3) is 23.1. The normalized spacial score (nSPS) is 10.4. The van der Waals surface area contributed by atoms with Gasteiger partial charge in [-0.05, 0) is 174 Å². The van der Waals surface area contributed by atoms with Crippen molar-refractivity contribution in [2.75, 3.05) is 25.7 Å². The van der Waals surface area contributed by atoms with E-state index in [-0.39, 0.29) is 75.3 Å². The van der Waals surface area contributed by atoms with Crippen LogP contribution >= 0.6 is 11.6 Å². The van der Waals surface area contributed by atoms with Gasteiger partial charge in [-0.2, -0.15) is 36.7 Å². The minimum absolute atomic E-state index is 0.0608. The molecule has 0 atom stereocenters. The Kier molecular flexibility index (Phi) is 32.6. The number of nitrogens with one attached hydrogen (secondary N) is 5. The number of hydrogen-bond donors (Lipinski definition) is 9. The lowest BCUT2D eigenvalue weighted by Crippen LogP contribution is -2.18. The number of H-pyrrole nitrogens is 5. The maximum Gasteiger partial charge on any atom is 0.357 e. The lowest BCUT2D eigenvalue weighted by Gasteiger charge is -2.16. The number of Topliss-reactive ketones (excluding diaryl/α,β-unsaturated/α-hetero) is 3. The molecule has 40 nitrogen and oxygen atoms in total. The molecule has 41 heteroatoms. The first-order valence-electron chi connectivity index (χ1n) is 34.4. The van der Waals surface area contributed by atoms with E-state index in [0.29, 0.717) is 90.6 Å². The molecule has 115 heavy (non-hydrogen) atoms. The summed E-state index contributed by atoms with van der Waals surface area (Å²) >= 11 is 5.90. The fraction of sp³-hybridized carbons (Fsp3) is 0.297. The van der Waals surface area contributed by atoms with E-state index in [4.69, 9.17) is 32.2 Å². The first-order chi connectivity index (χ1) is 54.1. The average molecular weight is 1610 g/mol. The number of aromatic amines is 5. The minimum atomic E-state index is -0.968. The van der Waals surface area contributed by atoms with Crippen molar-refractivity contribution < 1.29 is 67.7 Å². The van der Waals surface area contributed by atoms with Gasteiger partial charge < -0.3 is 60.0 Å². The first-order valence-corrected chi connectivity index (χ1v) is 34.8. The number of aromatic hydroxyl groups is 1. The number of rotatable bonds is 12. The van der Waals surface area contributed by atoms with Crippen molar-refractivity contribution in [1.82, 2.24) is 82.7 Å². The number of carbonyl (C=O) groups is 7. The SMILES string of the molecule is CC(=O)c1cn2nc[nH]c(=O)c2c1C.CCOC(=O)CC#N.CCOC(=O)c1[nH]cc(C(C)=O)c1C.CCOC(=O)c1c(C)c(C(C)=O)cn1N.Cc1c(C(C)(C)O)cn2nc[nH]c(=O)c12.Cc1c(O)cn2nc[nH]c(=O)c12.Cc1cn2nc[nH]c(=O)c2c1C.Cc1cn2ncnc(Cl)c2c1C.NOC(=O)c1ccc([N+](=O)[O-])cc1. The zero-order chi connectivity index (χ0) is 86.2. The summed E-state index contributed by atoms with van der Waals surface area (Å²) in [4.78, 5) is 153. The molecule has 1 aromatic carbocycles. The predicted octanol–water partition coefficient (Wildman–Crippen LogP) is 7.45. The molecule has 608 valence electrons. The van der Waals surface area contributed by atoms with Gasteiger partial charge in [-0.1, -0.05) is 11.6 Å². The molecule has 0 radical (unpaired) electrons. The number of benzene rings is 1. The molecule has 11 N–H and O–H groups in total. The number of nitro benzene ring substituents is 1. The summed E-state index contributed by atoms with van der Waals surface area (Å²) in [7, 11) is 0. The number of carbonyl (C=O) groups excluding carboxylic acids is 7. The number of hydrogen-bond acceptors (Lipinski definition) is 28. The van der Waals surface area contributed by atoms with Gasteiger partial charge >= 0.3 is 23.9 Å². The van der Waals surface area contributed by atoms with Crippen LogP contribution in [0.1, 0.15) is 180 Å². The standard InChI is InChI=1S/C10H13N3O2.C10H14N2O3.C10H13NO3.C9H9N3O2.C8H8ClN3.C8H9N3O.C7H7N3O2.C7H6N2O4.C5H7NO2/c1-6-7(10(2,3)15)4-13-8(6)9(14)11-5-12-13;1-4-15-10(14)9-6(2)8(7(3)13)5-12(9)11;1-4-14-10(13)9-6(2)8(5-11-9)7(3)12;1-5-7(6(2)13)3-12-8(5)9(14)10-4-11-12;1-5-3-12-7(6(5)2)8(9)10-4-11-12;1-5-3-11-7(6(5)2)8(12)9-4-10-11;1-4-5(11)2-10-6(4)7(12)8-3-9-10;8-13-7(10)5-1-3-6(4-2-5)9(11)12;1-2-8-5(7)3-4-6/h4-5,15H,1-3H3,(H,11,12,14);5H,4,11H2,1-3H3;5,11H,4H2,1-3H3;3-4H,1-2H3,(H,10,11,14);3-4H,1-2H3;3-4H,1-2H3,(H,9,10,12);2-3,11H,1H3,(H,8,9,12);1-4H,8H2;2-3H2,1H3. The van der Waals surface area contributed by atoms with Crippen LogP contribution in [0.25, 0.3) is 27.6 Å². The number of aromatic nitrogens is 17. The quantitative estimate of drug-likeness (QED) is 0.0143. The van der Waals surface area contributed by atoms with Crippen molar-refractivity contribution in [3.8, 4) is 11.8 Å². The molecule has 0 aliphatic rings. The van der Waals surface area contributed by atoms with Crippen LogP contribution in [-0.2, 0) is 29.4 Å². The highest BCUT2D eigenvalue weighted by molar-refractivity contribution is 6.32. The van der Waals surface area contributed by atoms with Crippen molar-refractivity contribution in [1.29, 1.82) is 5.26 Å². The Balaban J connectivity index is 0.000000232. The molecule has 0 bridgehead atoms. The Bertz CT molecular complexity index is 5920. The van der Waals surface area contributed by atoms with Gasteiger partial charge in [0.25, 0.3) is 27.9 Å². The average Bonchev–Trinajstić information content (AvgIpc) is 1.62. The molecule has 13 aromatic rings.